The number of nitrogens with one attached hydrogen (secondary N) is 1. The van der Waals surface area contributed by atoms with Crippen molar-refractivity contribution < 1.29 is 33.3 Å². The third kappa shape index (κ3) is 5.84. The molecule has 0 saturated carbocycles. The predicted octanol–water partition coefficient (Wildman–Crippen LogP) is 3.18. The van der Waals surface area contributed by atoms with Gasteiger partial charge in [-0.05, 0) is 61.9 Å². The summed E-state index contributed by atoms with van der Waals surface area (Å²) in [6.45, 7) is 3.25. The van der Waals surface area contributed by atoms with E-state index in [1.807, 2.05) is 0 Å². The first-order chi connectivity index (χ1) is 14.4. The van der Waals surface area contributed by atoms with E-state index in [2.05, 4.69) is 5.32 Å². The molecule has 0 aromatic heterocycles. The molecule has 1 heterocycles. The molecule has 8 nitrogen and oxygen atoms in total. The van der Waals surface area contributed by atoms with Crippen LogP contribution >= 0.6 is 0 Å². The quantitative estimate of drug-likeness (QED) is 0.552. The second-order valence-corrected chi connectivity index (χ2v) is 6.63. The zero-order valence-corrected chi connectivity index (χ0v) is 16.5. The standard InChI is InChI=1S/C22H21NO7/c1-14(2)30-22(26)16-5-7-17(8-6-16)23-20(24)12-27-21(25)10-4-15-3-9-18-19(11-15)29-13-28-18/h3-11,14H,12-13H2,1-2H3,(H,23,24)/b10-4+. The average molecular weight is 411 g/mol. The number of benzene rings is 2. The fourth-order valence-corrected chi connectivity index (χ4v) is 2.53. The highest BCUT2D eigenvalue weighted by Gasteiger charge is 2.13. The highest BCUT2D eigenvalue weighted by Crippen LogP contribution is 2.32. The molecule has 1 amide bonds. The highest BCUT2D eigenvalue weighted by atomic mass is 16.7. The molecule has 2 aromatic rings. The van der Waals surface area contributed by atoms with Crippen LogP contribution in [0.25, 0.3) is 6.08 Å². The number of anilines is 1. The van der Waals surface area contributed by atoms with Crippen LogP contribution in [-0.4, -0.2) is 37.3 Å². The van der Waals surface area contributed by atoms with Crippen LogP contribution in [0.3, 0.4) is 0 Å². The fraction of sp³-hybridized carbons (Fsp3) is 0.227. The lowest BCUT2D eigenvalue weighted by Gasteiger charge is -2.09. The Morgan fingerprint density at radius 1 is 1.07 bits per heavy atom. The summed E-state index contributed by atoms with van der Waals surface area (Å²) in [6.07, 6.45) is 2.56. The fourth-order valence-electron chi connectivity index (χ4n) is 2.53. The Balaban J connectivity index is 1.45. The lowest BCUT2D eigenvalue weighted by Crippen LogP contribution is -2.20. The van der Waals surface area contributed by atoms with Gasteiger partial charge in [0, 0.05) is 11.8 Å². The van der Waals surface area contributed by atoms with Gasteiger partial charge in [-0.25, -0.2) is 9.59 Å². The van der Waals surface area contributed by atoms with E-state index >= 15 is 0 Å². The predicted molar refractivity (Wildman–Crippen MR) is 108 cm³/mol. The first-order valence-electron chi connectivity index (χ1n) is 9.26. The summed E-state index contributed by atoms with van der Waals surface area (Å²) in [6, 6.07) is 11.5. The van der Waals surface area contributed by atoms with Crippen LogP contribution in [0.2, 0.25) is 0 Å². The molecule has 1 aliphatic rings. The van der Waals surface area contributed by atoms with Gasteiger partial charge in [-0.15, -0.1) is 0 Å². The SMILES string of the molecule is CC(C)OC(=O)c1ccc(NC(=O)COC(=O)/C=C/c2ccc3c(c2)OCO3)cc1. The molecule has 2 aromatic carbocycles. The number of ether oxygens (including phenoxy) is 4. The molecule has 8 heteroatoms. The van der Waals surface area contributed by atoms with Crippen molar-refractivity contribution >= 4 is 29.6 Å². The molecule has 0 radical (unpaired) electrons. The molecule has 1 N–H and O–H groups in total. The summed E-state index contributed by atoms with van der Waals surface area (Å²) >= 11 is 0. The Kier molecular flexibility index (Phi) is 6.69. The van der Waals surface area contributed by atoms with Gasteiger partial charge in [0.25, 0.3) is 5.91 Å². The van der Waals surface area contributed by atoms with Crippen LogP contribution in [0.4, 0.5) is 5.69 Å². The molecule has 1 aliphatic heterocycles. The number of hydrogen-bond acceptors (Lipinski definition) is 7. The van der Waals surface area contributed by atoms with Crippen molar-refractivity contribution in [2.45, 2.75) is 20.0 Å². The van der Waals surface area contributed by atoms with Crippen molar-refractivity contribution in [2.24, 2.45) is 0 Å². The van der Waals surface area contributed by atoms with Crippen molar-refractivity contribution in [3.05, 3.63) is 59.7 Å². The number of fused-ring (bicyclic) bond motifs is 1. The Labute approximate surface area is 173 Å². The Morgan fingerprint density at radius 3 is 2.53 bits per heavy atom. The molecule has 0 fully saturated rings. The molecule has 3 rings (SSSR count). The minimum Gasteiger partial charge on any atom is -0.459 e. The lowest BCUT2D eigenvalue weighted by molar-refractivity contribution is -0.142. The highest BCUT2D eigenvalue weighted by molar-refractivity contribution is 5.95. The molecular formula is C22H21NO7. The van der Waals surface area contributed by atoms with Gasteiger partial charge in [0.1, 0.15) is 0 Å². The van der Waals surface area contributed by atoms with Crippen LogP contribution in [-0.2, 0) is 19.1 Å². The summed E-state index contributed by atoms with van der Waals surface area (Å²) < 4.78 is 20.5. The Bertz CT molecular complexity index is 964. The van der Waals surface area contributed by atoms with E-state index in [9.17, 15) is 14.4 Å². The normalized spacial score (nSPS) is 12.1. The van der Waals surface area contributed by atoms with E-state index in [4.69, 9.17) is 18.9 Å². The van der Waals surface area contributed by atoms with Gasteiger partial charge in [-0.2, -0.15) is 0 Å². The third-order valence-corrected chi connectivity index (χ3v) is 3.90. The van der Waals surface area contributed by atoms with Crippen LogP contribution in [0.15, 0.2) is 48.5 Å². The van der Waals surface area contributed by atoms with Crippen molar-refractivity contribution in [1.29, 1.82) is 0 Å². The number of carbonyl (C=O) groups is 3. The van der Waals surface area contributed by atoms with Crippen LogP contribution in [0.5, 0.6) is 11.5 Å². The van der Waals surface area contributed by atoms with E-state index in [0.29, 0.717) is 22.7 Å². The van der Waals surface area contributed by atoms with E-state index < -0.39 is 24.5 Å². The first kappa shape index (κ1) is 20.9. The molecule has 156 valence electrons. The molecule has 0 unspecified atom stereocenters. The van der Waals surface area contributed by atoms with E-state index in [0.717, 1.165) is 5.56 Å². The Hall–Kier alpha value is -3.81. The molecular weight excluding hydrogens is 390 g/mol. The summed E-state index contributed by atoms with van der Waals surface area (Å²) in [5, 5.41) is 2.58. The van der Waals surface area contributed by atoms with Crippen molar-refractivity contribution in [2.75, 3.05) is 18.7 Å². The zero-order chi connectivity index (χ0) is 21.5. The van der Waals surface area contributed by atoms with E-state index in [-0.39, 0.29) is 12.9 Å². The van der Waals surface area contributed by atoms with Crippen molar-refractivity contribution in [3.8, 4) is 11.5 Å². The zero-order valence-electron chi connectivity index (χ0n) is 16.5. The second-order valence-electron chi connectivity index (χ2n) is 6.63. The largest absolute Gasteiger partial charge is 0.459 e. The summed E-state index contributed by atoms with van der Waals surface area (Å²) in [5.41, 5.74) is 1.58. The van der Waals surface area contributed by atoms with Gasteiger partial charge >= 0.3 is 11.9 Å². The maximum atomic E-state index is 11.9. The number of amides is 1. The minimum atomic E-state index is -0.658. The molecule has 0 aliphatic carbocycles. The van der Waals surface area contributed by atoms with Crippen molar-refractivity contribution in [3.63, 3.8) is 0 Å². The third-order valence-electron chi connectivity index (χ3n) is 3.90. The van der Waals surface area contributed by atoms with Crippen molar-refractivity contribution in [1.82, 2.24) is 0 Å². The van der Waals surface area contributed by atoms with Gasteiger partial charge in [0.15, 0.2) is 18.1 Å². The van der Waals surface area contributed by atoms with Crippen LogP contribution < -0.4 is 14.8 Å². The van der Waals surface area contributed by atoms with Gasteiger partial charge in [-0.1, -0.05) is 6.07 Å². The topological polar surface area (TPSA) is 100 Å². The molecule has 0 bridgehead atoms. The maximum absolute atomic E-state index is 11.9. The van der Waals surface area contributed by atoms with Gasteiger partial charge in [-0.3, -0.25) is 4.79 Å². The Morgan fingerprint density at radius 2 is 1.80 bits per heavy atom. The minimum absolute atomic E-state index is 0.171. The van der Waals surface area contributed by atoms with Gasteiger partial charge < -0.3 is 24.3 Å². The molecule has 30 heavy (non-hydrogen) atoms. The lowest BCUT2D eigenvalue weighted by atomic mass is 10.2. The second kappa shape index (κ2) is 9.60. The maximum Gasteiger partial charge on any atom is 0.338 e. The van der Waals surface area contributed by atoms with Crippen LogP contribution in [0, 0.1) is 0 Å². The summed E-state index contributed by atoms with van der Waals surface area (Å²) in [5.74, 6) is -0.345. The number of hydrogen-bond donors (Lipinski definition) is 1. The van der Waals surface area contributed by atoms with E-state index in [1.54, 1.807) is 62.4 Å². The number of rotatable bonds is 7. The smallest absolute Gasteiger partial charge is 0.338 e. The number of carbonyl (C=O) groups excluding carboxylic acids is 3. The monoisotopic (exact) mass is 411 g/mol. The summed E-state index contributed by atoms with van der Waals surface area (Å²) in [4.78, 5) is 35.6. The molecule has 0 atom stereocenters. The summed E-state index contributed by atoms with van der Waals surface area (Å²) in [7, 11) is 0. The average Bonchev–Trinajstić information content (AvgIpc) is 3.18. The van der Waals surface area contributed by atoms with Gasteiger partial charge in [0.05, 0.1) is 11.7 Å². The first-order valence-corrected chi connectivity index (χ1v) is 9.26. The van der Waals surface area contributed by atoms with Gasteiger partial charge in [0.2, 0.25) is 6.79 Å². The number of esters is 2. The molecule has 0 spiro atoms. The van der Waals surface area contributed by atoms with Crippen LogP contribution in [0.1, 0.15) is 29.8 Å². The van der Waals surface area contributed by atoms with E-state index in [1.165, 1.54) is 6.08 Å². The molecule has 0 saturated heterocycles.